The van der Waals surface area contributed by atoms with E-state index in [-0.39, 0.29) is 25.2 Å². The number of ether oxygens (including phenoxy) is 1. The van der Waals surface area contributed by atoms with Crippen LogP contribution in [0.2, 0.25) is 0 Å². The van der Waals surface area contributed by atoms with Crippen LogP contribution in [0.4, 0.5) is 0 Å². The van der Waals surface area contributed by atoms with Gasteiger partial charge in [-0.2, -0.15) is 0 Å². The van der Waals surface area contributed by atoms with Gasteiger partial charge in [-0.05, 0) is 43.2 Å². The first-order valence-electron chi connectivity index (χ1n) is 9.97. The fraction of sp³-hybridized carbons (Fsp3) is 0.250. The second kappa shape index (κ2) is 9.84. The number of nitrogens with zero attached hydrogens (tertiary/aromatic N) is 1. The number of aromatic nitrogens is 1. The Hall–Kier alpha value is -3.74. The minimum Gasteiger partial charge on any atom is -0.487 e. The second-order valence-corrected chi connectivity index (χ2v) is 7.14. The molecule has 3 rings (SSSR count). The van der Waals surface area contributed by atoms with E-state index in [9.17, 15) is 9.59 Å². The monoisotopic (exact) mass is 420 g/mol. The lowest BCUT2D eigenvalue weighted by atomic mass is 9.94. The summed E-state index contributed by atoms with van der Waals surface area (Å²) >= 11 is 0. The van der Waals surface area contributed by atoms with Gasteiger partial charge in [0.05, 0.1) is 5.71 Å². The standard InChI is InChI=1S/C24H24N2O5/c1-3-19(24(28)29)22(25)21(27)13-16-8-7-11-18(12-16)30-14-20-15(2)31-23(26-20)17-9-5-4-6-10-17/h4-12,19,25H,3,13-14H2,1-2H3,(H,28,29)/t19-/m0/s1. The van der Waals surface area contributed by atoms with E-state index in [4.69, 9.17) is 19.7 Å². The van der Waals surface area contributed by atoms with Gasteiger partial charge in [-0.1, -0.05) is 37.3 Å². The Labute approximate surface area is 180 Å². The number of carboxylic acid groups (broad SMARTS) is 1. The number of carboxylic acids is 1. The van der Waals surface area contributed by atoms with Crippen LogP contribution in [0.1, 0.15) is 30.4 Å². The summed E-state index contributed by atoms with van der Waals surface area (Å²) < 4.78 is 11.6. The molecule has 0 aliphatic rings. The number of ketones is 1. The Morgan fingerprint density at radius 1 is 1.16 bits per heavy atom. The van der Waals surface area contributed by atoms with Gasteiger partial charge in [-0.25, -0.2) is 4.98 Å². The maximum absolute atomic E-state index is 12.3. The van der Waals surface area contributed by atoms with Crippen LogP contribution in [0.25, 0.3) is 11.5 Å². The lowest BCUT2D eigenvalue weighted by molar-refractivity contribution is -0.139. The molecule has 2 N–H and O–H groups in total. The van der Waals surface area contributed by atoms with Gasteiger partial charge in [-0.15, -0.1) is 0 Å². The second-order valence-electron chi connectivity index (χ2n) is 7.14. The van der Waals surface area contributed by atoms with Gasteiger partial charge in [0, 0.05) is 12.0 Å². The van der Waals surface area contributed by atoms with Crippen molar-refractivity contribution < 1.29 is 23.8 Å². The van der Waals surface area contributed by atoms with Crippen molar-refractivity contribution in [3.8, 4) is 17.2 Å². The van der Waals surface area contributed by atoms with Crippen LogP contribution < -0.4 is 4.74 Å². The van der Waals surface area contributed by atoms with Crippen molar-refractivity contribution in [1.82, 2.24) is 4.98 Å². The maximum Gasteiger partial charge on any atom is 0.312 e. The number of hydrogen-bond donors (Lipinski definition) is 2. The summed E-state index contributed by atoms with van der Waals surface area (Å²) in [5.41, 5.74) is 1.82. The number of benzene rings is 2. The molecule has 0 saturated carbocycles. The van der Waals surface area contributed by atoms with Gasteiger partial charge in [0.15, 0.2) is 5.78 Å². The topological polar surface area (TPSA) is 113 Å². The maximum atomic E-state index is 12.3. The van der Waals surface area contributed by atoms with E-state index in [1.54, 1.807) is 31.2 Å². The number of rotatable bonds is 10. The Bertz CT molecular complexity index is 1090. The number of aryl methyl sites for hydroxylation is 1. The number of nitrogens with one attached hydrogen (secondary N) is 1. The molecular formula is C24H24N2O5. The number of Topliss-reactive ketones (excluding diaryl/α,β-unsaturated/α-hetero) is 1. The molecule has 0 spiro atoms. The fourth-order valence-corrected chi connectivity index (χ4v) is 3.14. The highest BCUT2D eigenvalue weighted by Crippen LogP contribution is 2.23. The van der Waals surface area contributed by atoms with Gasteiger partial charge in [0.25, 0.3) is 0 Å². The highest BCUT2D eigenvalue weighted by atomic mass is 16.5. The van der Waals surface area contributed by atoms with Crippen LogP contribution in [0.5, 0.6) is 5.75 Å². The molecule has 1 heterocycles. The average Bonchev–Trinajstić information content (AvgIpc) is 3.14. The van der Waals surface area contributed by atoms with Crippen LogP contribution in [0, 0.1) is 18.3 Å². The van der Waals surface area contributed by atoms with Crippen LogP contribution in [-0.2, 0) is 22.6 Å². The molecule has 7 heteroatoms. The van der Waals surface area contributed by atoms with Crippen molar-refractivity contribution >= 4 is 17.5 Å². The first kappa shape index (κ1) is 22.0. The predicted molar refractivity (Wildman–Crippen MR) is 115 cm³/mol. The lowest BCUT2D eigenvalue weighted by Crippen LogP contribution is -2.30. The van der Waals surface area contributed by atoms with Gasteiger partial charge in [0.2, 0.25) is 5.89 Å². The minimum atomic E-state index is -1.16. The van der Waals surface area contributed by atoms with Gasteiger partial charge in [-0.3, -0.25) is 9.59 Å². The summed E-state index contributed by atoms with van der Waals surface area (Å²) in [6, 6.07) is 16.6. The lowest BCUT2D eigenvalue weighted by Gasteiger charge is -2.11. The summed E-state index contributed by atoms with van der Waals surface area (Å²) in [7, 11) is 0. The Kier molecular flexibility index (Phi) is 6.97. The molecule has 7 nitrogen and oxygen atoms in total. The summed E-state index contributed by atoms with van der Waals surface area (Å²) in [6.45, 7) is 3.67. The summed E-state index contributed by atoms with van der Waals surface area (Å²) in [4.78, 5) is 28.0. The molecule has 0 unspecified atom stereocenters. The third-order valence-corrected chi connectivity index (χ3v) is 4.91. The zero-order valence-corrected chi connectivity index (χ0v) is 17.4. The van der Waals surface area contributed by atoms with Gasteiger partial charge >= 0.3 is 5.97 Å². The molecular weight excluding hydrogens is 396 g/mol. The zero-order chi connectivity index (χ0) is 22.4. The number of carbonyl (C=O) groups excluding carboxylic acids is 1. The molecule has 2 aromatic carbocycles. The van der Waals surface area contributed by atoms with E-state index in [0.717, 1.165) is 5.56 Å². The molecule has 0 radical (unpaired) electrons. The SMILES string of the molecule is CC[C@@H](C(=N)C(=O)Cc1cccc(OCc2nc(-c3ccccc3)oc2C)c1)C(=O)O. The first-order chi connectivity index (χ1) is 14.9. The van der Waals surface area contributed by atoms with E-state index < -0.39 is 17.7 Å². The summed E-state index contributed by atoms with van der Waals surface area (Å²) in [5.74, 6) is -1.01. The first-order valence-corrected chi connectivity index (χ1v) is 9.97. The minimum absolute atomic E-state index is 0.0546. The molecule has 1 aromatic heterocycles. The normalized spacial score (nSPS) is 11.7. The quantitative estimate of drug-likeness (QED) is 0.468. The Balaban J connectivity index is 1.65. The van der Waals surface area contributed by atoms with E-state index in [2.05, 4.69) is 4.98 Å². The van der Waals surface area contributed by atoms with Crippen molar-refractivity contribution in [2.24, 2.45) is 5.92 Å². The van der Waals surface area contributed by atoms with Crippen LogP contribution >= 0.6 is 0 Å². The number of hydrogen-bond acceptors (Lipinski definition) is 6. The van der Waals surface area contributed by atoms with E-state index in [1.807, 2.05) is 37.3 Å². The molecule has 1 atom stereocenters. The van der Waals surface area contributed by atoms with Crippen LogP contribution in [0.3, 0.4) is 0 Å². The smallest absolute Gasteiger partial charge is 0.312 e. The molecule has 0 aliphatic carbocycles. The van der Waals surface area contributed by atoms with Crippen molar-refractivity contribution in [2.45, 2.75) is 33.3 Å². The largest absolute Gasteiger partial charge is 0.487 e. The van der Waals surface area contributed by atoms with Gasteiger partial charge in [0.1, 0.15) is 29.7 Å². The van der Waals surface area contributed by atoms with E-state index in [1.165, 1.54) is 0 Å². The van der Waals surface area contributed by atoms with E-state index in [0.29, 0.717) is 28.7 Å². The molecule has 3 aromatic rings. The number of carbonyl (C=O) groups is 2. The number of aliphatic carboxylic acids is 1. The van der Waals surface area contributed by atoms with Crippen molar-refractivity contribution in [2.75, 3.05) is 0 Å². The van der Waals surface area contributed by atoms with Crippen molar-refractivity contribution in [3.05, 3.63) is 71.6 Å². The highest BCUT2D eigenvalue weighted by Gasteiger charge is 2.26. The number of oxazole rings is 1. The van der Waals surface area contributed by atoms with Crippen LogP contribution in [0.15, 0.2) is 59.0 Å². The molecule has 31 heavy (non-hydrogen) atoms. The Morgan fingerprint density at radius 2 is 1.90 bits per heavy atom. The molecule has 0 bridgehead atoms. The third kappa shape index (κ3) is 5.45. The average molecular weight is 420 g/mol. The van der Waals surface area contributed by atoms with E-state index >= 15 is 0 Å². The summed E-state index contributed by atoms with van der Waals surface area (Å²) in [6.07, 6.45) is 0.145. The Morgan fingerprint density at radius 3 is 2.58 bits per heavy atom. The molecule has 0 amide bonds. The zero-order valence-electron chi connectivity index (χ0n) is 17.4. The predicted octanol–water partition coefficient (Wildman–Crippen LogP) is 4.47. The third-order valence-electron chi connectivity index (χ3n) is 4.91. The summed E-state index contributed by atoms with van der Waals surface area (Å²) in [5, 5.41) is 17.0. The highest BCUT2D eigenvalue weighted by molar-refractivity contribution is 6.42. The molecule has 0 aliphatic heterocycles. The molecule has 160 valence electrons. The van der Waals surface area contributed by atoms with Crippen molar-refractivity contribution in [3.63, 3.8) is 0 Å². The van der Waals surface area contributed by atoms with Crippen molar-refractivity contribution in [1.29, 1.82) is 5.41 Å². The molecule has 0 fully saturated rings. The fourth-order valence-electron chi connectivity index (χ4n) is 3.14. The van der Waals surface area contributed by atoms with Gasteiger partial charge < -0.3 is 19.7 Å². The van der Waals surface area contributed by atoms with Crippen LogP contribution in [-0.4, -0.2) is 27.6 Å². The molecule has 0 saturated heterocycles.